The minimum absolute atomic E-state index is 1.09. The Hall–Kier alpha value is -7.22. The first-order valence-electron chi connectivity index (χ1n) is 18.9. The Morgan fingerprint density at radius 1 is 0.236 bits per heavy atom. The first kappa shape index (κ1) is 32.4. The lowest BCUT2D eigenvalue weighted by Crippen LogP contribution is -2.11. The van der Waals surface area contributed by atoms with Gasteiger partial charge in [0.05, 0.1) is 5.69 Å². The Morgan fingerprint density at radius 2 is 0.782 bits per heavy atom. The molecule has 10 aromatic rings. The van der Waals surface area contributed by atoms with E-state index in [0.29, 0.717) is 0 Å². The predicted octanol–water partition coefficient (Wildman–Crippen LogP) is 15.3. The fourth-order valence-corrected chi connectivity index (χ4v) is 8.16. The summed E-state index contributed by atoms with van der Waals surface area (Å²) in [5.41, 5.74) is 12.8. The molecule has 55 heavy (non-hydrogen) atoms. The smallest absolute Gasteiger partial charge is 0.0540 e. The molecule has 0 heterocycles. The van der Waals surface area contributed by atoms with Crippen molar-refractivity contribution in [2.45, 2.75) is 0 Å². The van der Waals surface area contributed by atoms with Gasteiger partial charge >= 0.3 is 0 Å². The molecule has 0 N–H and O–H groups in total. The van der Waals surface area contributed by atoms with Crippen LogP contribution in [0, 0.1) is 0 Å². The second-order valence-corrected chi connectivity index (χ2v) is 14.1. The second-order valence-electron chi connectivity index (χ2n) is 14.1. The third-order valence-electron chi connectivity index (χ3n) is 10.8. The monoisotopic (exact) mass is 699 g/mol. The molecule has 0 spiro atoms. The maximum Gasteiger partial charge on any atom is 0.0540 e. The van der Waals surface area contributed by atoms with Crippen LogP contribution in [0.2, 0.25) is 0 Å². The van der Waals surface area contributed by atoms with Crippen molar-refractivity contribution >= 4 is 49.4 Å². The van der Waals surface area contributed by atoms with Gasteiger partial charge in [0.25, 0.3) is 0 Å². The van der Waals surface area contributed by atoms with Gasteiger partial charge in [0.1, 0.15) is 0 Å². The van der Waals surface area contributed by atoms with Gasteiger partial charge in [-0.1, -0.05) is 182 Å². The van der Waals surface area contributed by atoms with Crippen molar-refractivity contribution in [2.24, 2.45) is 0 Å². The van der Waals surface area contributed by atoms with Gasteiger partial charge in [-0.05, 0) is 114 Å². The molecule has 0 unspecified atom stereocenters. The van der Waals surface area contributed by atoms with Gasteiger partial charge < -0.3 is 4.90 Å². The van der Waals surface area contributed by atoms with E-state index in [1.54, 1.807) is 0 Å². The molecule has 10 aromatic carbocycles. The minimum atomic E-state index is 1.09. The van der Waals surface area contributed by atoms with E-state index in [2.05, 4.69) is 229 Å². The SMILES string of the molecule is c1ccc(-c2ccc(N(c3cccc(-c4ccccc4)c3)c3ccc(-c4cc5c6ccccc6ccc5c5ccccc45)cc3-c3ccccc3)cc2)cc1. The molecule has 0 aliphatic carbocycles. The normalized spacial score (nSPS) is 11.3. The summed E-state index contributed by atoms with van der Waals surface area (Å²) in [5, 5.41) is 7.60. The standard InChI is InChI=1S/C54H37N/c1-4-15-38(16-5-1)40-27-31-45(32-28-40)55(46-23-14-22-43(35-46)39-17-6-2-7-18-39)54-34-30-44(36-52(54)41-19-8-3-9-20-41)51-37-53-47-24-11-10-21-42(47)29-33-50(53)48-25-12-13-26-49(48)51/h1-37H. The number of hydrogen-bond donors (Lipinski definition) is 0. The molecule has 0 aromatic heterocycles. The van der Waals surface area contributed by atoms with Gasteiger partial charge in [-0.15, -0.1) is 0 Å². The molecule has 0 saturated carbocycles. The fourth-order valence-electron chi connectivity index (χ4n) is 8.16. The van der Waals surface area contributed by atoms with Crippen LogP contribution in [-0.2, 0) is 0 Å². The maximum absolute atomic E-state index is 2.42. The van der Waals surface area contributed by atoms with Crippen LogP contribution in [0.4, 0.5) is 17.1 Å². The molecule has 0 bridgehead atoms. The molecular formula is C54H37N. The molecular weight excluding hydrogens is 663 g/mol. The number of nitrogens with zero attached hydrogens (tertiary/aromatic N) is 1. The van der Waals surface area contributed by atoms with Crippen molar-refractivity contribution in [3.8, 4) is 44.5 Å². The van der Waals surface area contributed by atoms with E-state index < -0.39 is 0 Å². The third kappa shape index (κ3) is 6.02. The van der Waals surface area contributed by atoms with Crippen LogP contribution < -0.4 is 4.90 Å². The van der Waals surface area contributed by atoms with Crippen molar-refractivity contribution in [1.82, 2.24) is 0 Å². The Kier molecular flexibility index (Phi) is 8.24. The van der Waals surface area contributed by atoms with Gasteiger partial charge in [0, 0.05) is 16.9 Å². The predicted molar refractivity (Wildman–Crippen MR) is 235 cm³/mol. The molecule has 1 heteroatoms. The van der Waals surface area contributed by atoms with E-state index in [1.165, 1.54) is 71.3 Å². The van der Waals surface area contributed by atoms with Crippen molar-refractivity contribution in [3.05, 3.63) is 224 Å². The van der Waals surface area contributed by atoms with Crippen LogP contribution in [0.5, 0.6) is 0 Å². The van der Waals surface area contributed by atoms with Crippen LogP contribution in [0.1, 0.15) is 0 Å². The summed E-state index contributed by atoms with van der Waals surface area (Å²) in [7, 11) is 0. The number of benzene rings is 10. The topological polar surface area (TPSA) is 3.24 Å². The highest BCUT2D eigenvalue weighted by molar-refractivity contribution is 6.21. The number of fused-ring (bicyclic) bond motifs is 5. The van der Waals surface area contributed by atoms with Gasteiger partial charge in [0.2, 0.25) is 0 Å². The zero-order chi connectivity index (χ0) is 36.6. The largest absolute Gasteiger partial charge is 0.310 e. The fraction of sp³-hybridized carbons (Fsp3) is 0. The Labute approximate surface area is 322 Å². The Morgan fingerprint density at radius 3 is 1.51 bits per heavy atom. The van der Waals surface area contributed by atoms with Gasteiger partial charge in [-0.2, -0.15) is 0 Å². The molecule has 1 nitrogen and oxygen atoms in total. The molecule has 0 aliphatic heterocycles. The lowest BCUT2D eigenvalue weighted by molar-refractivity contribution is 1.28. The average Bonchev–Trinajstić information content (AvgIpc) is 3.27. The highest BCUT2D eigenvalue weighted by Crippen LogP contribution is 2.45. The maximum atomic E-state index is 2.42. The molecule has 0 radical (unpaired) electrons. The minimum Gasteiger partial charge on any atom is -0.310 e. The van der Waals surface area contributed by atoms with Crippen molar-refractivity contribution in [2.75, 3.05) is 4.90 Å². The third-order valence-corrected chi connectivity index (χ3v) is 10.8. The van der Waals surface area contributed by atoms with Gasteiger partial charge in [0.15, 0.2) is 0 Å². The van der Waals surface area contributed by atoms with Crippen molar-refractivity contribution in [3.63, 3.8) is 0 Å². The average molecular weight is 700 g/mol. The highest BCUT2D eigenvalue weighted by Gasteiger charge is 2.20. The van der Waals surface area contributed by atoms with Crippen molar-refractivity contribution in [1.29, 1.82) is 0 Å². The van der Waals surface area contributed by atoms with E-state index in [-0.39, 0.29) is 0 Å². The number of rotatable bonds is 7. The summed E-state index contributed by atoms with van der Waals surface area (Å²) in [5.74, 6) is 0. The summed E-state index contributed by atoms with van der Waals surface area (Å²) in [4.78, 5) is 2.42. The van der Waals surface area contributed by atoms with Crippen LogP contribution in [0.15, 0.2) is 224 Å². The Balaban J connectivity index is 1.21. The van der Waals surface area contributed by atoms with E-state index in [4.69, 9.17) is 0 Å². The van der Waals surface area contributed by atoms with E-state index in [9.17, 15) is 0 Å². The summed E-state index contributed by atoms with van der Waals surface area (Å²) >= 11 is 0. The van der Waals surface area contributed by atoms with Crippen LogP contribution in [0.3, 0.4) is 0 Å². The molecule has 0 saturated heterocycles. The van der Waals surface area contributed by atoms with E-state index in [1.807, 2.05) is 0 Å². The summed E-state index contributed by atoms with van der Waals surface area (Å²) in [6.45, 7) is 0. The lowest BCUT2D eigenvalue weighted by Gasteiger charge is -2.29. The van der Waals surface area contributed by atoms with Crippen LogP contribution >= 0.6 is 0 Å². The van der Waals surface area contributed by atoms with Gasteiger partial charge in [-0.25, -0.2) is 0 Å². The molecule has 0 amide bonds. The molecule has 258 valence electrons. The van der Waals surface area contributed by atoms with E-state index >= 15 is 0 Å². The van der Waals surface area contributed by atoms with Gasteiger partial charge in [-0.3, -0.25) is 0 Å². The van der Waals surface area contributed by atoms with Crippen LogP contribution in [0.25, 0.3) is 76.8 Å². The first-order chi connectivity index (χ1) is 27.3. The highest BCUT2D eigenvalue weighted by atomic mass is 15.1. The lowest BCUT2D eigenvalue weighted by atomic mass is 9.89. The zero-order valence-electron chi connectivity index (χ0n) is 30.3. The summed E-state index contributed by atoms with van der Waals surface area (Å²) in [6.07, 6.45) is 0. The summed E-state index contributed by atoms with van der Waals surface area (Å²) < 4.78 is 0. The molecule has 0 aliphatic rings. The van der Waals surface area contributed by atoms with Crippen molar-refractivity contribution < 1.29 is 0 Å². The first-order valence-corrected chi connectivity index (χ1v) is 18.9. The van der Waals surface area contributed by atoms with Crippen LogP contribution in [-0.4, -0.2) is 0 Å². The van der Waals surface area contributed by atoms with E-state index in [0.717, 1.165) is 22.6 Å². The quantitative estimate of drug-likeness (QED) is 0.150. The molecule has 10 rings (SSSR count). The number of hydrogen-bond acceptors (Lipinski definition) is 1. The number of anilines is 3. The zero-order valence-corrected chi connectivity index (χ0v) is 30.3. The Bertz CT molecular complexity index is 2950. The molecule has 0 fully saturated rings. The summed E-state index contributed by atoms with van der Waals surface area (Å²) in [6, 6.07) is 81.5. The molecule has 0 atom stereocenters. The second kappa shape index (κ2) is 14.0.